The van der Waals surface area contributed by atoms with Gasteiger partial charge in [-0.05, 0) is 56.5 Å². The van der Waals surface area contributed by atoms with Crippen molar-refractivity contribution in [3.05, 3.63) is 77.9 Å². The number of methoxy groups -OCH3 is 2. The number of amides is 2. The number of rotatable bonds is 11. The van der Waals surface area contributed by atoms with Gasteiger partial charge in [-0.2, -0.15) is 0 Å². The first-order valence-corrected chi connectivity index (χ1v) is 13.5. The summed E-state index contributed by atoms with van der Waals surface area (Å²) < 4.78 is 12.9. The van der Waals surface area contributed by atoms with E-state index in [1.54, 1.807) is 34.9 Å². The van der Waals surface area contributed by atoms with Crippen LogP contribution in [0.15, 0.2) is 66.7 Å². The highest BCUT2D eigenvalue weighted by atomic mass is 16.5. The van der Waals surface area contributed by atoms with Crippen LogP contribution in [0, 0.1) is 0 Å². The number of aromatic nitrogens is 3. The molecule has 1 aromatic heterocycles. The standard InChI is InChI=1S/C31H37N5O4/c1-7-21-14-9-11-17-24(21)36(27(37)20-35-25-18-12-10-16-23(25)33-34-35)28(30(38)32-31(3,4)8-2)22-15-13-19-26(39-5)29(22)40-6/h9-19,28H,7-8,20H2,1-6H3,(H,32,38)/t28-/m1/s1. The Balaban J connectivity index is 1.94. The molecule has 1 N–H and O–H groups in total. The van der Waals surface area contributed by atoms with E-state index >= 15 is 0 Å². The molecule has 40 heavy (non-hydrogen) atoms. The molecular weight excluding hydrogens is 506 g/mol. The van der Waals surface area contributed by atoms with Gasteiger partial charge in [-0.15, -0.1) is 5.10 Å². The second-order valence-electron chi connectivity index (χ2n) is 10.2. The number of para-hydroxylation sites is 3. The zero-order chi connectivity index (χ0) is 28.9. The quantitative estimate of drug-likeness (QED) is 0.283. The Morgan fingerprint density at radius 1 is 0.975 bits per heavy atom. The SMILES string of the molecule is CCc1ccccc1N(C(=O)Cn1nnc2ccccc21)[C@@H](C(=O)NC(C)(C)CC)c1cccc(OC)c1OC. The maximum Gasteiger partial charge on any atom is 0.249 e. The Morgan fingerprint density at radius 2 is 1.70 bits per heavy atom. The third-order valence-electron chi connectivity index (χ3n) is 7.19. The van der Waals surface area contributed by atoms with Gasteiger partial charge in [0, 0.05) is 16.8 Å². The van der Waals surface area contributed by atoms with Gasteiger partial charge in [0.05, 0.1) is 19.7 Å². The number of nitrogens with one attached hydrogen (secondary N) is 1. The molecule has 0 fully saturated rings. The number of hydrogen-bond donors (Lipinski definition) is 1. The van der Waals surface area contributed by atoms with Crippen LogP contribution in [-0.4, -0.2) is 46.6 Å². The predicted octanol–water partition coefficient (Wildman–Crippen LogP) is 5.09. The van der Waals surface area contributed by atoms with Crippen LogP contribution < -0.4 is 19.7 Å². The minimum Gasteiger partial charge on any atom is -0.493 e. The van der Waals surface area contributed by atoms with Gasteiger partial charge < -0.3 is 14.8 Å². The molecule has 210 valence electrons. The van der Waals surface area contributed by atoms with Gasteiger partial charge in [0.15, 0.2) is 11.5 Å². The van der Waals surface area contributed by atoms with Gasteiger partial charge in [0.1, 0.15) is 18.1 Å². The molecule has 0 aliphatic rings. The summed E-state index contributed by atoms with van der Waals surface area (Å²) >= 11 is 0. The summed E-state index contributed by atoms with van der Waals surface area (Å²) in [4.78, 5) is 30.3. The van der Waals surface area contributed by atoms with Crippen LogP contribution in [0.1, 0.15) is 51.3 Å². The van der Waals surface area contributed by atoms with Crippen LogP contribution in [-0.2, 0) is 22.6 Å². The van der Waals surface area contributed by atoms with E-state index in [-0.39, 0.29) is 18.4 Å². The molecule has 0 bridgehead atoms. The van der Waals surface area contributed by atoms with Crippen LogP contribution >= 0.6 is 0 Å². The molecule has 0 aliphatic carbocycles. The van der Waals surface area contributed by atoms with Gasteiger partial charge in [0.25, 0.3) is 0 Å². The Morgan fingerprint density at radius 3 is 2.40 bits per heavy atom. The number of nitrogens with zero attached hydrogens (tertiary/aromatic N) is 4. The van der Waals surface area contributed by atoms with E-state index in [1.807, 2.05) is 76.2 Å². The molecule has 0 aliphatic heterocycles. The highest BCUT2D eigenvalue weighted by Crippen LogP contribution is 2.40. The Bertz CT molecular complexity index is 1500. The van der Waals surface area contributed by atoms with E-state index in [0.29, 0.717) is 41.1 Å². The molecule has 4 aromatic rings. The van der Waals surface area contributed by atoms with Crippen molar-refractivity contribution < 1.29 is 19.1 Å². The van der Waals surface area contributed by atoms with Gasteiger partial charge >= 0.3 is 0 Å². The summed E-state index contributed by atoms with van der Waals surface area (Å²) in [5.41, 5.74) is 2.97. The van der Waals surface area contributed by atoms with Crippen LogP contribution in [0.4, 0.5) is 5.69 Å². The zero-order valence-corrected chi connectivity index (χ0v) is 24.0. The lowest BCUT2D eigenvalue weighted by molar-refractivity contribution is -0.128. The molecule has 2 amide bonds. The fourth-order valence-electron chi connectivity index (χ4n) is 4.72. The summed E-state index contributed by atoms with van der Waals surface area (Å²) in [6.45, 7) is 7.82. The Labute approximate surface area is 235 Å². The maximum absolute atomic E-state index is 14.4. The van der Waals surface area contributed by atoms with Crippen molar-refractivity contribution in [1.29, 1.82) is 0 Å². The van der Waals surface area contributed by atoms with Crippen molar-refractivity contribution in [2.75, 3.05) is 19.1 Å². The summed E-state index contributed by atoms with van der Waals surface area (Å²) in [5.74, 6) is 0.195. The molecule has 3 aromatic carbocycles. The topological polar surface area (TPSA) is 98.6 Å². The van der Waals surface area contributed by atoms with Crippen LogP contribution in [0.2, 0.25) is 0 Å². The summed E-state index contributed by atoms with van der Waals surface area (Å²) in [5, 5.41) is 11.6. The van der Waals surface area contributed by atoms with Gasteiger partial charge in [0.2, 0.25) is 11.8 Å². The zero-order valence-electron chi connectivity index (χ0n) is 24.0. The predicted molar refractivity (Wildman–Crippen MR) is 156 cm³/mol. The number of anilines is 1. The summed E-state index contributed by atoms with van der Waals surface area (Å²) in [6.07, 6.45) is 1.36. The van der Waals surface area contributed by atoms with Crippen molar-refractivity contribution in [3.8, 4) is 11.5 Å². The normalized spacial score (nSPS) is 12.2. The molecule has 9 nitrogen and oxygen atoms in total. The second kappa shape index (κ2) is 12.2. The minimum absolute atomic E-state index is 0.119. The van der Waals surface area contributed by atoms with E-state index in [1.165, 1.54) is 7.11 Å². The molecule has 0 saturated carbocycles. The molecule has 0 spiro atoms. The van der Waals surface area contributed by atoms with Gasteiger partial charge in [-0.25, -0.2) is 4.68 Å². The van der Waals surface area contributed by atoms with Crippen molar-refractivity contribution in [2.45, 2.75) is 58.7 Å². The van der Waals surface area contributed by atoms with Crippen molar-refractivity contribution in [3.63, 3.8) is 0 Å². The lowest BCUT2D eigenvalue weighted by Gasteiger charge is -2.36. The molecule has 0 unspecified atom stereocenters. The van der Waals surface area contributed by atoms with Crippen LogP contribution in [0.5, 0.6) is 11.5 Å². The number of fused-ring (bicyclic) bond motifs is 1. The molecule has 0 radical (unpaired) electrons. The highest BCUT2D eigenvalue weighted by molar-refractivity contribution is 6.02. The second-order valence-corrected chi connectivity index (χ2v) is 10.2. The summed E-state index contributed by atoms with van der Waals surface area (Å²) in [7, 11) is 3.07. The molecular formula is C31H37N5O4. The maximum atomic E-state index is 14.4. The molecule has 4 rings (SSSR count). The van der Waals surface area contributed by atoms with Crippen molar-refractivity contribution in [1.82, 2.24) is 20.3 Å². The molecule has 0 saturated heterocycles. The first-order valence-electron chi connectivity index (χ1n) is 13.5. The van der Waals surface area contributed by atoms with Crippen LogP contribution in [0.3, 0.4) is 0 Å². The van der Waals surface area contributed by atoms with E-state index in [2.05, 4.69) is 15.6 Å². The molecule has 9 heteroatoms. The first kappa shape index (κ1) is 28.6. The van der Waals surface area contributed by atoms with E-state index in [4.69, 9.17) is 9.47 Å². The van der Waals surface area contributed by atoms with Crippen molar-refractivity contribution >= 4 is 28.5 Å². The highest BCUT2D eigenvalue weighted by Gasteiger charge is 2.38. The fraction of sp³-hybridized carbons (Fsp3) is 0.355. The number of benzene rings is 3. The number of hydrogen-bond acceptors (Lipinski definition) is 6. The van der Waals surface area contributed by atoms with Gasteiger partial charge in [-0.1, -0.05) is 61.5 Å². The average molecular weight is 544 g/mol. The Hall–Kier alpha value is -4.40. The van der Waals surface area contributed by atoms with E-state index < -0.39 is 11.6 Å². The number of ether oxygens (including phenoxy) is 2. The van der Waals surface area contributed by atoms with Crippen molar-refractivity contribution in [2.24, 2.45) is 0 Å². The third-order valence-corrected chi connectivity index (χ3v) is 7.19. The smallest absolute Gasteiger partial charge is 0.249 e. The van der Waals surface area contributed by atoms with E-state index in [0.717, 1.165) is 11.1 Å². The molecule has 1 atom stereocenters. The lowest BCUT2D eigenvalue weighted by Crippen LogP contribution is -2.51. The largest absolute Gasteiger partial charge is 0.493 e. The average Bonchev–Trinajstić information content (AvgIpc) is 3.37. The molecule has 1 heterocycles. The fourth-order valence-corrected chi connectivity index (χ4v) is 4.72. The monoisotopic (exact) mass is 543 g/mol. The van der Waals surface area contributed by atoms with E-state index in [9.17, 15) is 9.59 Å². The number of aryl methyl sites for hydroxylation is 1. The first-order chi connectivity index (χ1) is 19.2. The minimum atomic E-state index is -1.06. The Kier molecular flexibility index (Phi) is 8.72. The van der Waals surface area contributed by atoms with Gasteiger partial charge in [-0.3, -0.25) is 14.5 Å². The summed E-state index contributed by atoms with van der Waals surface area (Å²) in [6, 6.07) is 19.4. The third kappa shape index (κ3) is 5.78. The number of carbonyl (C=O) groups is 2. The number of carbonyl (C=O) groups excluding carboxylic acids is 2. The van der Waals surface area contributed by atoms with Crippen LogP contribution in [0.25, 0.3) is 11.0 Å². The lowest BCUT2D eigenvalue weighted by atomic mass is 9.96.